The molecule has 84 valence electrons. The zero-order chi connectivity index (χ0) is 11.3. The molecule has 2 N–H and O–H groups in total. The van der Waals surface area contributed by atoms with E-state index >= 15 is 0 Å². The predicted octanol–water partition coefficient (Wildman–Crippen LogP) is 1.31. The average Bonchev–Trinajstić information content (AvgIpc) is 2.35. The van der Waals surface area contributed by atoms with Crippen LogP contribution in [0.25, 0.3) is 0 Å². The fourth-order valence-corrected chi connectivity index (χ4v) is 4.35. The van der Waals surface area contributed by atoms with Gasteiger partial charge in [-0.25, -0.2) is 4.79 Å². The Labute approximate surface area is 94.3 Å². The molecule has 2 aliphatic heterocycles. The molecule has 0 saturated carbocycles. The van der Waals surface area contributed by atoms with Gasteiger partial charge in [0.15, 0.2) is 0 Å². The summed E-state index contributed by atoms with van der Waals surface area (Å²) in [5, 5.41) is 0. The number of urea groups is 1. The van der Waals surface area contributed by atoms with E-state index in [1.54, 1.807) is 11.9 Å². The van der Waals surface area contributed by atoms with E-state index in [4.69, 9.17) is 5.73 Å². The van der Waals surface area contributed by atoms with Crippen LogP contribution in [0.5, 0.6) is 0 Å². The van der Waals surface area contributed by atoms with Crippen molar-refractivity contribution in [2.45, 2.75) is 25.8 Å². The first-order valence-corrected chi connectivity index (χ1v) is 6.27. The first-order chi connectivity index (χ1) is 6.92. The van der Waals surface area contributed by atoms with Gasteiger partial charge in [-0.05, 0) is 17.6 Å². The van der Waals surface area contributed by atoms with Crippen molar-refractivity contribution >= 4 is 23.6 Å². The topological polar surface area (TPSA) is 58.7 Å². The normalized spacial score (nSPS) is 34.7. The lowest BCUT2D eigenvalue weighted by Gasteiger charge is -2.50. The average molecular weight is 227 g/mol. The van der Waals surface area contributed by atoms with Crippen LogP contribution in [-0.2, 0) is 0 Å². The molecule has 2 heterocycles. The molecule has 4 nitrogen and oxygen atoms in total. The number of amides is 2. The number of thioether (sulfide) groups is 1. The molecule has 1 spiro atoms. The number of carbonyl (C=O) groups excluding carboxylic acids is 1. The first-order valence-electron chi connectivity index (χ1n) is 5.12. The molecule has 2 rings (SSSR count). The van der Waals surface area contributed by atoms with E-state index in [-0.39, 0.29) is 17.0 Å². The van der Waals surface area contributed by atoms with Gasteiger partial charge in [0.25, 0.3) is 0 Å². The minimum Gasteiger partial charge on any atom is -0.385 e. The van der Waals surface area contributed by atoms with Crippen molar-refractivity contribution in [3.05, 3.63) is 0 Å². The Morgan fingerprint density at radius 3 is 2.67 bits per heavy atom. The lowest BCUT2D eigenvalue weighted by Crippen LogP contribution is -2.65. The maximum Gasteiger partial charge on any atom is 0.345 e. The van der Waals surface area contributed by atoms with Gasteiger partial charge in [0.05, 0.1) is 0 Å². The molecular weight excluding hydrogens is 210 g/mol. The predicted molar refractivity (Wildman–Crippen MR) is 63.2 cm³/mol. The van der Waals surface area contributed by atoms with Gasteiger partial charge in [-0.15, -0.1) is 0 Å². The van der Waals surface area contributed by atoms with Crippen molar-refractivity contribution in [1.82, 2.24) is 4.90 Å². The fourth-order valence-electron chi connectivity index (χ4n) is 2.53. The van der Waals surface area contributed by atoms with Crippen LogP contribution in [0.3, 0.4) is 0 Å². The number of amidine groups is 1. The summed E-state index contributed by atoms with van der Waals surface area (Å²) in [6.07, 6.45) is 1.06. The molecule has 2 amide bonds. The van der Waals surface area contributed by atoms with E-state index in [2.05, 4.69) is 18.8 Å². The SMILES string of the molecule is CN1C(=O)N=C(N)C12CSCCC2(C)C. The Balaban J connectivity index is 2.48. The van der Waals surface area contributed by atoms with Crippen molar-refractivity contribution in [2.24, 2.45) is 16.1 Å². The number of nitrogens with zero attached hydrogens (tertiary/aromatic N) is 2. The zero-order valence-electron chi connectivity index (χ0n) is 9.41. The van der Waals surface area contributed by atoms with E-state index in [9.17, 15) is 4.79 Å². The zero-order valence-corrected chi connectivity index (χ0v) is 10.2. The Hall–Kier alpha value is -0.710. The fraction of sp³-hybridized carbons (Fsp3) is 0.800. The maximum atomic E-state index is 11.6. The van der Waals surface area contributed by atoms with E-state index in [1.165, 1.54) is 0 Å². The number of likely N-dealkylation sites (N-methyl/N-ethyl adjacent to an activating group) is 1. The number of nitrogens with two attached hydrogens (primary N) is 1. The number of aliphatic imine (C=N–C) groups is 1. The summed E-state index contributed by atoms with van der Waals surface area (Å²) in [5.74, 6) is 2.48. The van der Waals surface area contributed by atoms with Gasteiger partial charge < -0.3 is 10.6 Å². The standard InChI is InChI=1S/C10H17N3OS/c1-9(2)4-5-15-6-10(9)7(11)12-8(14)13(10)3/h4-6H2,1-3H3,(H2,11,12,14). The minimum absolute atomic E-state index is 0.00669. The van der Waals surface area contributed by atoms with Gasteiger partial charge in [0.2, 0.25) is 0 Å². The highest BCUT2D eigenvalue weighted by Gasteiger charge is 2.57. The van der Waals surface area contributed by atoms with Gasteiger partial charge in [0.1, 0.15) is 11.4 Å². The number of hydrogen-bond donors (Lipinski definition) is 1. The summed E-state index contributed by atoms with van der Waals surface area (Å²) >= 11 is 1.85. The van der Waals surface area contributed by atoms with Gasteiger partial charge in [-0.2, -0.15) is 16.8 Å². The molecule has 0 aliphatic carbocycles. The smallest absolute Gasteiger partial charge is 0.345 e. The van der Waals surface area contributed by atoms with Crippen LogP contribution >= 0.6 is 11.8 Å². The first kappa shape index (κ1) is 10.8. The second-order valence-electron chi connectivity index (χ2n) is 4.89. The number of carbonyl (C=O) groups is 1. The summed E-state index contributed by atoms with van der Waals surface area (Å²) in [5.41, 5.74) is 5.61. The van der Waals surface area contributed by atoms with Crippen molar-refractivity contribution in [2.75, 3.05) is 18.6 Å². The van der Waals surface area contributed by atoms with Crippen molar-refractivity contribution in [3.8, 4) is 0 Å². The molecule has 0 aromatic rings. The molecule has 5 heteroatoms. The van der Waals surface area contributed by atoms with Crippen LogP contribution in [0.4, 0.5) is 4.79 Å². The molecule has 1 saturated heterocycles. The lowest BCUT2D eigenvalue weighted by atomic mass is 9.69. The quantitative estimate of drug-likeness (QED) is 0.679. The summed E-state index contributed by atoms with van der Waals surface area (Å²) in [7, 11) is 1.80. The highest BCUT2D eigenvalue weighted by molar-refractivity contribution is 7.99. The van der Waals surface area contributed by atoms with Crippen molar-refractivity contribution < 1.29 is 4.79 Å². The van der Waals surface area contributed by atoms with Gasteiger partial charge in [-0.3, -0.25) is 0 Å². The van der Waals surface area contributed by atoms with Crippen molar-refractivity contribution in [1.29, 1.82) is 0 Å². The van der Waals surface area contributed by atoms with E-state index < -0.39 is 0 Å². The summed E-state index contributed by atoms with van der Waals surface area (Å²) < 4.78 is 0. The maximum absolute atomic E-state index is 11.6. The second kappa shape index (κ2) is 3.14. The molecule has 1 unspecified atom stereocenters. The van der Waals surface area contributed by atoms with Gasteiger partial charge >= 0.3 is 6.03 Å². The minimum atomic E-state index is -0.368. The Kier molecular flexibility index (Phi) is 2.26. The molecule has 0 aromatic heterocycles. The molecule has 2 aliphatic rings. The summed E-state index contributed by atoms with van der Waals surface area (Å²) in [6.45, 7) is 4.34. The van der Waals surface area contributed by atoms with Crippen LogP contribution < -0.4 is 5.73 Å². The Morgan fingerprint density at radius 1 is 1.53 bits per heavy atom. The largest absolute Gasteiger partial charge is 0.385 e. The highest BCUT2D eigenvalue weighted by Crippen LogP contribution is 2.47. The highest BCUT2D eigenvalue weighted by atomic mass is 32.2. The molecular formula is C10H17N3OS. The summed E-state index contributed by atoms with van der Waals surface area (Å²) in [4.78, 5) is 17.2. The molecule has 15 heavy (non-hydrogen) atoms. The van der Waals surface area contributed by atoms with Crippen LogP contribution in [0.1, 0.15) is 20.3 Å². The third-order valence-electron chi connectivity index (χ3n) is 3.80. The number of hydrogen-bond acceptors (Lipinski definition) is 3. The second-order valence-corrected chi connectivity index (χ2v) is 5.99. The van der Waals surface area contributed by atoms with E-state index in [0.717, 1.165) is 17.9 Å². The van der Waals surface area contributed by atoms with E-state index in [1.807, 2.05) is 11.8 Å². The molecule has 0 bridgehead atoms. The van der Waals surface area contributed by atoms with Gasteiger partial charge in [0, 0.05) is 12.8 Å². The van der Waals surface area contributed by atoms with Crippen LogP contribution in [0.2, 0.25) is 0 Å². The molecule has 0 radical (unpaired) electrons. The van der Waals surface area contributed by atoms with Crippen LogP contribution in [0, 0.1) is 5.41 Å². The Bertz CT molecular complexity index is 340. The van der Waals surface area contributed by atoms with Crippen molar-refractivity contribution in [3.63, 3.8) is 0 Å². The third-order valence-corrected chi connectivity index (χ3v) is 4.92. The van der Waals surface area contributed by atoms with Gasteiger partial charge in [-0.1, -0.05) is 13.8 Å². The molecule has 0 aromatic carbocycles. The Morgan fingerprint density at radius 2 is 2.20 bits per heavy atom. The molecule has 1 fully saturated rings. The summed E-state index contributed by atoms with van der Waals surface area (Å²) in [6, 6.07) is -0.205. The molecule has 1 atom stereocenters. The lowest BCUT2D eigenvalue weighted by molar-refractivity contribution is 0.106. The third kappa shape index (κ3) is 1.22. The van der Waals surface area contributed by atoms with Crippen LogP contribution in [0.15, 0.2) is 4.99 Å². The van der Waals surface area contributed by atoms with E-state index in [0.29, 0.717) is 5.84 Å². The van der Waals surface area contributed by atoms with Crippen LogP contribution in [-0.4, -0.2) is 40.9 Å². The number of rotatable bonds is 0. The monoisotopic (exact) mass is 227 g/mol.